The molecule has 0 spiro atoms. The van der Waals surface area contributed by atoms with Crippen LogP contribution in [0.5, 0.6) is 0 Å². The van der Waals surface area contributed by atoms with Gasteiger partial charge >= 0.3 is 0 Å². The minimum absolute atomic E-state index is 0.213. The Hall–Kier alpha value is -5.57. The number of aromatic amines is 3. The third kappa shape index (κ3) is 9.63. The van der Waals surface area contributed by atoms with Crippen LogP contribution in [0.15, 0.2) is 127 Å². The van der Waals surface area contributed by atoms with E-state index in [1.165, 1.54) is 97.2 Å². The van der Waals surface area contributed by atoms with E-state index in [4.69, 9.17) is 46.4 Å². The molecule has 6 N–H and O–H groups in total. The molecule has 3 aliphatic carbocycles. The van der Waals surface area contributed by atoms with Gasteiger partial charge in [0.25, 0.3) is 0 Å². The van der Waals surface area contributed by atoms with Crippen molar-refractivity contribution in [3.63, 3.8) is 0 Å². The van der Waals surface area contributed by atoms with Gasteiger partial charge in [0.2, 0.25) is 0 Å². The van der Waals surface area contributed by atoms with Gasteiger partial charge in [-0.2, -0.15) is 0 Å². The standard InChI is InChI=1S/C19H19ClN2.C18H16Cl2N2.C18H16ClFN2/c1-12-5-8-14(9-6-12)21-18-4-2-3-15-16-11-13(20)7-10-17(16)22-19(15)18;19-11-4-7-13(8-5-11)21-17-3-1-2-14-15-10-12(20)6-9-16(15)22-18(14)17;19-11-4-9-16-15(10-11)14-2-1-3-17(18(14)22-16)21-13-7-5-12(20)6-8-13/h5-11,18,21-22H,2-4H2,1H3;2*4-10,17,21-22H,1-3H2. The molecule has 0 saturated carbocycles. The van der Waals surface area contributed by atoms with E-state index in [9.17, 15) is 4.39 Å². The maximum absolute atomic E-state index is 13.0. The number of aromatic nitrogens is 3. The SMILES string of the molecule is Cc1ccc(NC2CCCc3c2[nH]c2ccc(Cl)cc32)cc1.Clc1ccc(NC2CCCc3c2[nH]c2ccc(Cl)cc32)cc1.Fc1ccc(NC2CCCc3c2[nH]c2ccc(Cl)cc32)cc1. The maximum Gasteiger partial charge on any atom is 0.123 e. The molecule has 9 aromatic rings. The van der Waals surface area contributed by atoms with Crippen molar-refractivity contribution in [3.8, 4) is 0 Å². The fourth-order valence-electron chi connectivity index (χ4n) is 10.1. The van der Waals surface area contributed by atoms with Crippen LogP contribution < -0.4 is 16.0 Å². The highest BCUT2D eigenvalue weighted by Gasteiger charge is 2.27. The molecular formula is C55H51Cl4FN6. The highest BCUT2D eigenvalue weighted by molar-refractivity contribution is 6.32. The topological polar surface area (TPSA) is 83.5 Å². The van der Waals surface area contributed by atoms with E-state index >= 15 is 0 Å². The molecule has 336 valence electrons. The van der Waals surface area contributed by atoms with Crippen LogP contribution in [0.4, 0.5) is 21.5 Å². The lowest BCUT2D eigenvalue weighted by Gasteiger charge is -2.25. The van der Waals surface area contributed by atoms with Crippen LogP contribution in [-0.4, -0.2) is 15.0 Å². The van der Waals surface area contributed by atoms with Gasteiger partial charge in [0.15, 0.2) is 0 Å². The number of nitrogens with one attached hydrogen (secondary N) is 6. The normalized spacial score (nSPS) is 17.5. The molecule has 3 atom stereocenters. The van der Waals surface area contributed by atoms with E-state index in [0.29, 0.717) is 12.1 Å². The summed E-state index contributed by atoms with van der Waals surface area (Å²) in [6.07, 6.45) is 10.1. The first-order valence-electron chi connectivity index (χ1n) is 22.9. The van der Waals surface area contributed by atoms with Gasteiger partial charge in [-0.1, -0.05) is 64.1 Å². The number of aryl methyl sites for hydroxylation is 4. The summed E-state index contributed by atoms with van der Waals surface area (Å²) in [4.78, 5) is 10.7. The molecular weight excluding hydrogens is 905 g/mol. The maximum atomic E-state index is 13.0. The third-order valence-corrected chi connectivity index (χ3v) is 14.2. The van der Waals surface area contributed by atoms with Crippen LogP contribution in [0.25, 0.3) is 32.7 Å². The number of rotatable bonds is 6. The van der Waals surface area contributed by atoms with Crippen molar-refractivity contribution in [2.45, 2.75) is 82.8 Å². The Kier molecular flexibility index (Phi) is 13.0. The van der Waals surface area contributed by atoms with Crippen LogP contribution in [0.2, 0.25) is 20.1 Å². The average molecular weight is 957 g/mol. The number of hydrogen-bond donors (Lipinski definition) is 6. The van der Waals surface area contributed by atoms with Crippen molar-refractivity contribution in [2.24, 2.45) is 0 Å². The highest BCUT2D eigenvalue weighted by atomic mass is 35.5. The second-order valence-corrected chi connectivity index (χ2v) is 19.5. The average Bonchev–Trinajstić information content (AvgIpc) is 4.01. The first-order chi connectivity index (χ1) is 32.1. The molecule has 6 nitrogen and oxygen atoms in total. The quantitative estimate of drug-likeness (QED) is 0.100. The van der Waals surface area contributed by atoms with Gasteiger partial charge in [-0.15, -0.1) is 0 Å². The third-order valence-electron chi connectivity index (χ3n) is 13.3. The molecule has 0 radical (unpaired) electrons. The zero-order valence-corrected chi connectivity index (χ0v) is 39.6. The number of H-pyrrole nitrogens is 3. The molecule has 0 amide bonds. The van der Waals surface area contributed by atoms with Crippen LogP contribution >= 0.6 is 46.4 Å². The van der Waals surface area contributed by atoms with Gasteiger partial charge < -0.3 is 30.9 Å². The molecule has 66 heavy (non-hydrogen) atoms. The van der Waals surface area contributed by atoms with E-state index in [-0.39, 0.29) is 11.9 Å². The van der Waals surface area contributed by atoms with Crippen molar-refractivity contribution in [1.82, 2.24) is 15.0 Å². The molecule has 12 rings (SSSR count). The molecule has 3 unspecified atom stereocenters. The lowest BCUT2D eigenvalue weighted by Crippen LogP contribution is -2.17. The van der Waals surface area contributed by atoms with Crippen LogP contribution in [0, 0.1) is 12.7 Å². The Bertz CT molecular complexity index is 2800. The van der Waals surface area contributed by atoms with Gasteiger partial charge in [0.05, 0.1) is 18.1 Å². The summed E-state index contributed by atoms with van der Waals surface area (Å²) in [5.74, 6) is -0.213. The highest BCUT2D eigenvalue weighted by Crippen LogP contribution is 2.40. The number of halogens is 5. The van der Waals surface area contributed by atoms with Crippen molar-refractivity contribution < 1.29 is 4.39 Å². The number of fused-ring (bicyclic) bond motifs is 9. The molecule has 0 aliphatic heterocycles. The van der Waals surface area contributed by atoms with Crippen molar-refractivity contribution in [3.05, 3.63) is 193 Å². The Balaban J connectivity index is 0.000000116. The smallest absolute Gasteiger partial charge is 0.123 e. The number of hydrogen-bond acceptors (Lipinski definition) is 3. The van der Waals surface area contributed by atoms with Crippen molar-refractivity contribution in [1.29, 1.82) is 0 Å². The van der Waals surface area contributed by atoms with Gasteiger partial charge in [0.1, 0.15) is 5.82 Å². The van der Waals surface area contributed by atoms with Crippen LogP contribution in [0.1, 0.15) is 96.0 Å². The molecule has 3 aliphatic rings. The monoisotopic (exact) mass is 954 g/mol. The molecule has 6 aromatic carbocycles. The second-order valence-electron chi connectivity index (χ2n) is 17.8. The van der Waals surface area contributed by atoms with Crippen LogP contribution in [-0.2, 0) is 19.3 Å². The fourth-order valence-corrected chi connectivity index (χ4v) is 10.7. The summed E-state index contributed by atoms with van der Waals surface area (Å²) >= 11 is 24.4. The number of anilines is 3. The molecule has 3 heterocycles. The minimum atomic E-state index is -0.213. The Morgan fingerprint density at radius 2 is 0.742 bits per heavy atom. The predicted molar refractivity (Wildman–Crippen MR) is 277 cm³/mol. The van der Waals surface area contributed by atoms with Gasteiger partial charge in [-0.3, -0.25) is 0 Å². The van der Waals surface area contributed by atoms with Gasteiger partial charge in [-0.25, -0.2) is 4.39 Å². The van der Waals surface area contributed by atoms with E-state index in [0.717, 1.165) is 81.9 Å². The van der Waals surface area contributed by atoms with E-state index < -0.39 is 0 Å². The first-order valence-corrected chi connectivity index (χ1v) is 24.4. The summed E-state index contributed by atoms with van der Waals surface area (Å²) in [7, 11) is 0. The van der Waals surface area contributed by atoms with Crippen molar-refractivity contribution >= 4 is 96.2 Å². The molecule has 0 saturated heterocycles. The lowest BCUT2D eigenvalue weighted by molar-refractivity contribution is 0.592. The van der Waals surface area contributed by atoms with Gasteiger partial charge in [-0.05, 0) is 197 Å². The lowest BCUT2D eigenvalue weighted by atomic mass is 9.91. The van der Waals surface area contributed by atoms with E-state index in [1.807, 2.05) is 54.6 Å². The predicted octanol–water partition coefficient (Wildman–Crippen LogP) is 17.0. The molecule has 3 aromatic heterocycles. The minimum Gasteiger partial charge on any atom is -0.377 e. The Morgan fingerprint density at radius 1 is 0.424 bits per heavy atom. The molecule has 11 heteroatoms. The fraction of sp³-hybridized carbons (Fsp3) is 0.236. The Labute approximate surface area is 404 Å². The van der Waals surface area contributed by atoms with E-state index in [2.05, 4.69) is 86.4 Å². The van der Waals surface area contributed by atoms with Gasteiger partial charge in [0, 0.05) is 86.9 Å². The molecule has 0 fully saturated rings. The van der Waals surface area contributed by atoms with E-state index in [1.54, 1.807) is 12.1 Å². The zero-order valence-electron chi connectivity index (χ0n) is 36.6. The first kappa shape index (κ1) is 44.3. The summed E-state index contributed by atoms with van der Waals surface area (Å²) < 4.78 is 13.0. The molecule has 0 bridgehead atoms. The largest absolute Gasteiger partial charge is 0.377 e. The zero-order chi connectivity index (χ0) is 45.3. The summed E-state index contributed by atoms with van der Waals surface area (Å²) in [5, 5.41) is 17.7. The second kappa shape index (κ2) is 19.3. The Morgan fingerprint density at radius 3 is 1.11 bits per heavy atom. The summed E-state index contributed by atoms with van der Waals surface area (Å²) in [6.45, 7) is 2.12. The summed E-state index contributed by atoms with van der Waals surface area (Å²) in [5.41, 5.74) is 16.0. The summed E-state index contributed by atoms with van der Waals surface area (Å²) in [6, 6.07) is 42.1. The van der Waals surface area contributed by atoms with Crippen molar-refractivity contribution in [2.75, 3.05) is 16.0 Å². The van der Waals surface area contributed by atoms with Crippen LogP contribution in [0.3, 0.4) is 0 Å². The number of benzene rings is 6.